The van der Waals surface area contributed by atoms with Crippen LogP contribution in [0.4, 0.5) is 0 Å². The van der Waals surface area contributed by atoms with Crippen LogP contribution in [0.25, 0.3) is 0 Å². The summed E-state index contributed by atoms with van der Waals surface area (Å²) in [5.74, 6) is 0.802. The molecule has 0 bridgehead atoms. The lowest BCUT2D eigenvalue weighted by Crippen LogP contribution is -2.19. The van der Waals surface area contributed by atoms with Gasteiger partial charge in [-0.05, 0) is 17.9 Å². The Morgan fingerprint density at radius 3 is 2.75 bits per heavy atom. The number of carbonyl (C=O) groups excluding carboxylic acids is 1. The molecule has 1 aliphatic rings. The molecule has 2 rings (SSSR count). The number of carbonyl (C=O) groups is 1. The van der Waals surface area contributed by atoms with E-state index in [4.69, 9.17) is 4.74 Å². The Labute approximate surface area is 96.6 Å². The molecule has 0 amide bonds. The number of ether oxygens (including phenoxy) is 1. The van der Waals surface area contributed by atoms with E-state index in [1.54, 1.807) is 0 Å². The Bertz CT molecular complexity index is 345. The van der Waals surface area contributed by atoms with Gasteiger partial charge in [0.15, 0.2) is 0 Å². The van der Waals surface area contributed by atoms with Gasteiger partial charge in [-0.2, -0.15) is 0 Å². The molecule has 0 aliphatic carbocycles. The highest BCUT2D eigenvalue weighted by Crippen LogP contribution is 2.26. The zero-order valence-electron chi connectivity index (χ0n) is 9.69. The normalized spacial score (nSPS) is 27.2. The molecule has 0 unspecified atom stereocenters. The van der Waals surface area contributed by atoms with Gasteiger partial charge in [-0.25, -0.2) is 0 Å². The van der Waals surface area contributed by atoms with Crippen molar-refractivity contribution in [3.8, 4) is 0 Å². The first-order valence-corrected chi connectivity index (χ1v) is 5.94. The van der Waals surface area contributed by atoms with E-state index in [2.05, 4.69) is 6.92 Å². The highest BCUT2D eigenvalue weighted by atomic mass is 16.5. The van der Waals surface area contributed by atoms with Crippen molar-refractivity contribution < 1.29 is 9.53 Å². The van der Waals surface area contributed by atoms with Crippen LogP contribution in [0, 0.1) is 5.92 Å². The summed E-state index contributed by atoms with van der Waals surface area (Å²) in [5.41, 5.74) is 1.12. The second-order valence-electron chi connectivity index (χ2n) is 4.62. The summed E-state index contributed by atoms with van der Waals surface area (Å²) >= 11 is 0. The first-order valence-electron chi connectivity index (χ1n) is 5.94. The molecule has 2 nitrogen and oxygen atoms in total. The molecule has 16 heavy (non-hydrogen) atoms. The Balaban J connectivity index is 2.10. The van der Waals surface area contributed by atoms with Gasteiger partial charge < -0.3 is 4.74 Å². The van der Waals surface area contributed by atoms with Crippen molar-refractivity contribution in [3.05, 3.63) is 35.9 Å². The van der Waals surface area contributed by atoms with Crippen molar-refractivity contribution in [3.63, 3.8) is 0 Å². The molecule has 0 aromatic heterocycles. The first-order chi connectivity index (χ1) is 7.75. The van der Waals surface area contributed by atoms with Crippen LogP contribution >= 0.6 is 0 Å². The zero-order chi connectivity index (χ0) is 11.4. The van der Waals surface area contributed by atoms with Crippen LogP contribution < -0.4 is 0 Å². The van der Waals surface area contributed by atoms with Gasteiger partial charge >= 0.3 is 0 Å². The molecule has 0 radical (unpaired) electrons. The van der Waals surface area contributed by atoms with E-state index >= 15 is 0 Å². The molecular weight excluding hydrogens is 200 g/mol. The highest BCUT2D eigenvalue weighted by Gasteiger charge is 2.20. The van der Waals surface area contributed by atoms with E-state index in [-0.39, 0.29) is 6.10 Å². The quantitative estimate of drug-likeness (QED) is 0.724. The van der Waals surface area contributed by atoms with Crippen LogP contribution in [0.1, 0.15) is 37.9 Å². The van der Waals surface area contributed by atoms with Gasteiger partial charge in [-0.3, -0.25) is 4.79 Å². The van der Waals surface area contributed by atoms with Crippen molar-refractivity contribution in [2.75, 3.05) is 6.61 Å². The molecule has 1 aromatic rings. The van der Waals surface area contributed by atoms with Crippen LogP contribution in [0.2, 0.25) is 0 Å². The summed E-state index contributed by atoms with van der Waals surface area (Å²) < 4.78 is 5.83. The Morgan fingerprint density at radius 1 is 1.25 bits per heavy atom. The SMILES string of the molecule is C[C@H]1CCC(=O)C[C@@H](c2ccccc2)OC1. The van der Waals surface area contributed by atoms with E-state index in [1.807, 2.05) is 30.3 Å². The third-order valence-electron chi connectivity index (χ3n) is 3.08. The summed E-state index contributed by atoms with van der Waals surface area (Å²) in [6, 6.07) is 10.0. The number of rotatable bonds is 1. The maximum atomic E-state index is 11.7. The third kappa shape index (κ3) is 2.92. The van der Waals surface area contributed by atoms with Crippen LogP contribution in [0.15, 0.2) is 30.3 Å². The fourth-order valence-corrected chi connectivity index (χ4v) is 2.02. The predicted octanol–water partition coefficient (Wildman–Crippen LogP) is 3.13. The fraction of sp³-hybridized carbons (Fsp3) is 0.500. The van der Waals surface area contributed by atoms with Gasteiger partial charge in [-0.1, -0.05) is 37.3 Å². The predicted molar refractivity (Wildman–Crippen MR) is 63.2 cm³/mol. The van der Waals surface area contributed by atoms with Gasteiger partial charge in [0, 0.05) is 19.4 Å². The molecule has 2 atom stereocenters. The number of hydrogen-bond donors (Lipinski definition) is 0. The van der Waals surface area contributed by atoms with Crippen LogP contribution in [-0.4, -0.2) is 12.4 Å². The number of ketones is 1. The molecule has 1 heterocycles. The largest absolute Gasteiger partial charge is 0.373 e. The van der Waals surface area contributed by atoms with E-state index in [0.29, 0.717) is 24.5 Å². The van der Waals surface area contributed by atoms with E-state index in [1.165, 1.54) is 0 Å². The van der Waals surface area contributed by atoms with E-state index in [0.717, 1.165) is 18.6 Å². The monoisotopic (exact) mass is 218 g/mol. The lowest BCUT2D eigenvalue weighted by molar-refractivity contribution is -0.124. The first kappa shape index (κ1) is 11.3. The molecule has 1 aromatic carbocycles. The van der Waals surface area contributed by atoms with Gasteiger partial charge in [0.25, 0.3) is 0 Å². The van der Waals surface area contributed by atoms with Gasteiger partial charge in [0.1, 0.15) is 5.78 Å². The number of Topliss-reactive ketones (excluding diaryl/α,β-unsaturated/α-hetero) is 1. The van der Waals surface area contributed by atoms with Gasteiger partial charge in [-0.15, -0.1) is 0 Å². The van der Waals surface area contributed by atoms with Crippen molar-refractivity contribution in [2.45, 2.75) is 32.3 Å². The summed E-state index contributed by atoms with van der Waals surface area (Å²) in [4.78, 5) is 11.7. The molecule has 1 fully saturated rings. The van der Waals surface area contributed by atoms with Crippen LogP contribution in [0.5, 0.6) is 0 Å². The smallest absolute Gasteiger partial charge is 0.135 e. The minimum absolute atomic E-state index is 0.0450. The summed E-state index contributed by atoms with van der Waals surface area (Å²) in [7, 11) is 0. The molecule has 1 saturated heterocycles. The lowest BCUT2D eigenvalue weighted by Gasteiger charge is -2.23. The molecule has 0 spiro atoms. The summed E-state index contributed by atoms with van der Waals surface area (Å²) in [5, 5.41) is 0. The Morgan fingerprint density at radius 2 is 2.00 bits per heavy atom. The molecule has 1 aliphatic heterocycles. The lowest BCUT2D eigenvalue weighted by atomic mass is 9.96. The molecule has 0 saturated carbocycles. The van der Waals surface area contributed by atoms with Gasteiger partial charge in [0.2, 0.25) is 0 Å². The molecule has 86 valence electrons. The maximum absolute atomic E-state index is 11.7. The van der Waals surface area contributed by atoms with Crippen molar-refractivity contribution in [2.24, 2.45) is 5.92 Å². The van der Waals surface area contributed by atoms with Gasteiger partial charge in [0.05, 0.1) is 6.10 Å². The maximum Gasteiger partial charge on any atom is 0.135 e. The average molecular weight is 218 g/mol. The second kappa shape index (κ2) is 5.26. The molecule has 2 heteroatoms. The standard InChI is InChI=1S/C14H18O2/c1-11-7-8-13(15)9-14(16-10-11)12-5-3-2-4-6-12/h2-6,11,14H,7-10H2,1H3/t11-,14-/m0/s1. The minimum Gasteiger partial charge on any atom is -0.373 e. The minimum atomic E-state index is -0.0450. The van der Waals surface area contributed by atoms with Crippen LogP contribution in [0.3, 0.4) is 0 Å². The Kier molecular flexibility index (Phi) is 3.73. The van der Waals surface area contributed by atoms with E-state index in [9.17, 15) is 4.79 Å². The Hall–Kier alpha value is -1.15. The summed E-state index contributed by atoms with van der Waals surface area (Å²) in [6.07, 6.45) is 2.14. The van der Waals surface area contributed by atoms with Crippen molar-refractivity contribution in [1.82, 2.24) is 0 Å². The zero-order valence-corrected chi connectivity index (χ0v) is 9.69. The number of hydrogen-bond acceptors (Lipinski definition) is 2. The second-order valence-corrected chi connectivity index (χ2v) is 4.62. The number of benzene rings is 1. The van der Waals surface area contributed by atoms with Crippen molar-refractivity contribution >= 4 is 5.78 Å². The average Bonchev–Trinajstić information content (AvgIpc) is 2.31. The summed E-state index contributed by atoms with van der Waals surface area (Å²) in [6.45, 7) is 2.90. The van der Waals surface area contributed by atoms with E-state index < -0.39 is 0 Å². The molecular formula is C14H18O2. The fourth-order valence-electron chi connectivity index (χ4n) is 2.02. The van der Waals surface area contributed by atoms with Crippen molar-refractivity contribution in [1.29, 1.82) is 0 Å². The van der Waals surface area contributed by atoms with Crippen LogP contribution in [-0.2, 0) is 9.53 Å². The third-order valence-corrected chi connectivity index (χ3v) is 3.08. The highest BCUT2D eigenvalue weighted by molar-refractivity contribution is 5.79. The topological polar surface area (TPSA) is 26.3 Å². The molecule has 0 N–H and O–H groups in total.